The maximum atomic E-state index is 12.1. The molecule has 0 aliphatic carbocycles. The second kappa shape index (κ2) is 8.32. The Kier molecular flexibility index (Phi) is 6.15. The van der Waals surface area contributed by atoms with E-state index in [4.69, 9.17) is 4.74 Å². The highest BCUT2D eigenvalue weighted by molar-refractivity contribution is 5.76. The quantitative estimate of drug-likeness (QED) is 0.854. The number of methoxy groups -OCH3 is 1. The van der Waals surface area contributed by atoms with E-state index >= 15 is 0 Å². The van der Waals surface area contributed by atoms with Gasteiger partial charge in [-0.25, -0.2) is 0 Å². The van der Waals surface area contributed by atoms with Crippen LogP contribution in [0.1, 0.15) is 36.1 Å². The lowest BCUT2D eigenvalue weighted by Gasteiger charge is -2.13. The van der Waals surface area contributed by atoms with Gasteiger partial charge in [0.05, 0.1) is 7.11 Å². The first kappa shape index (κ1) is 17.0. The molecule has 0 aliphatic rings. The van der Waals surface area contributed by atoms with Gasteiger partial charge in [-0.15, -0.1) is 0 Å². The predicted molar refractivity (Wildman–Crippen MR) is 91.7 cm³/mol. The topological polar surface area (TPSA) is 51.2 Å². The van der Waals surface area contributed by atoms with Crippen LogP contribution in [0.3, 0.4) is 0 Å². The fraction of sp³-hybridized carbons (Fsp3) is 0.368. The first-order chi connectivity index (χ1) is 11.1. The molecule has 4 nitrogen and oxygen atoms in total. The number of benzene rings is 1. The van der Waals surface area contributed by atoms with E-state index in [0.29, 0.717) is 13.0 Å². The largest absolute Gasteiger partial charge is 0.497 e. The maximum Gasteiger partial charge on any atom is 0.220 e. The molecule has 0 radical (unpaired) electrons. The molecule has 1 aromatic heterocycles. The average molecular weight is 312 g/mol. The Morgan fingerprint density at radius 3 is 2.83 bits per heavy atom. The highest BCUT2D eigenvalue weighted by atomic mass is 16.5. The summed E-state index contributed by atoms with van der Waals surface area (Å²) in [5.74, 6) is 1.05. The third-order valence-electron chi connectivity index (χ3n) is 3.86. The Labute approximate surface area is 137 Å². The van der Waals surface area contributed by atoms with Gasteiger partial charge >= 0.3 is 0 Å². The van der Waals surface area contributed by atoms with Crippen molar-refractivity contribution in [2.45, 2.75) is 32.6 Å². The number of hydrogen-bond acceptors (Lipinski definition) is 3. The van der Waals surface area contributed by atoms with Crippen molar-refractivity contribution in [3.05, 3.63) is 59.4 Å². The van der Waals surface area contributed by atoms with Crippen LogP contribution in [0.5, 0.6) is 5.75 Å². The van der Waals surface area contributed by atoms with Crippen LogP contribution in [-0.4, -0.2) is 24.5 Å². The monoisotopic (exact) mass is 312 g/mol. The number of pyridine rings is 1. The summed E-state index contributed by atoms with van der Waals surface area (Å²) in [7, 11) is 1.65. The van der Waals surface area contributed by atoms with Gasteiger partial charge in [-0.05, 0) is 48.6 Å². The molecule has 2 rings (SSSR count). The Hall–Kier alpha value is -2.36. The normalized spacial score (nSPS) is 11.8. The first-order valence-corrected chi connectivity index (χ1v) is 7.90. The van der Waals surface area contributed by atoms with Gasteiger partial charge in [-0.1, -0.05) is 25.1 Å². The smallest absolute Gasteiger partial charge is 0.220 e. The Morgan fingerprint density at radius 1 is 1.30 bits per heavy atom. The minimum atomic E-state index is 0.0698. The number of nitrogens with zero attached hydrogens (tertiary/aromatic N) is 1. The number of aryl methyl sites for hydroxylation is 1. The van der Waals surface area contributed by atoms with Gasteiger partial charge in [0.15, 0.2) is 0 Å². The van der Waals surface area contributed by atoms with E-state index in [1.54, 1.807) is 7.11 Å². The molecule has 0 unspecified atom stereocenters. The summed E-state index contributed by atoms with van der Waals surface area (Å²) in [6.45, 7) is 4.65. The van der Waals surface area contributed by atoms with Crippen molar-refractivity contribution in [1.29, 1.82) is 0 Å². The van der Waals surface area contributed by atoms with E-state index in [0.717, 1.165) is 29.0 Å². The van der Waals surface area contributed by atoms with Crippen LogP contribution in [0.2, 0.25) is 0 Å². The van der Waals surface area contributed by atoms with Gasteiger partial charge in [0, 0.05) is 24.9 Å². The second-order valence-corrected chi connectivity index (χ2v) is 5.79. The van der Waals surface area contributed by atoms with Crippen LogP contribution in [0.15, 0.2) is 42.6 Å². The standard InChI is InChI=1S/C19H24N2O2/c1-14(17-5-4-6-18(12-17)23-3)11-19(22)20-10-9-16-8-7-15(2)21-13-16/h4-8,12-14H,9-11H2,1-3H3,(H,20,22)/t14-/m0/s1. The average Bonchev–Trinajstić information content (AvgIpc) is 2.56. The van der Waals surface area contributed by atoms with E-state index in [-0.39, 0.29) is 11.8 Å². The third-order valence-corrected chi connectivity index (χ3v) is 3.86. The first-order valence-electron chi connectivity index (χ1n) is 7.90. The summed E-state index contributed by atoms with van der Waals surface area (Å²) in [5, 5.41) is 2.98. The molecule has 0 saturated carbocycles. The van der Waals surface area contributed by atoms with Crippen molar-refractivity contribution in [2.24, 2.45) is 0 Å². The van der Waals surface area contributed by atoms with Crippen LogP contribution in [0.25, 0.3) is 0 Å². The molecule has 122 valence electrons. The lowest BCUT2D eigenvalue weighted by atomic mass is 9.97. The molecule has 1 atom stereocenters. The summed E-state index contributed by atoms with van der Waals surface area (Å²) < 4.78 is 5.23. The zero-order chi connectivity index (χ0) is 16.7. The third kappa shape index (κ3) is 5.40. The van der Waals surface area contributed by atoms with Crippen molar-refractivity contribution < 1.29 is 9.53 Å². The molecule has 0 fully saturated rings. The molecule has 0 bridgehead atoms. The van der Waals surface area contributed by atoms with Gasteiger partial charge in [-0.2, -0.15) is 0 Å². The van der Waals surface area contributed by atoms with Gasteiger partial charge in [0.2, 0.25) is 5.91 Å². The van der Waals surface area contributed by atoms with Gasteiger partial charge in [0.1, 0.15) is 5.75 Å². The molecule has 1 N–H and O–H groups in total. The lowest BCUT2D eigenvalue weighted by molar-refractivity contribution is -0.121. The summed E-state index contributed by atoms with van der Waals surface area (Å²) in [4.78, 5) is 16.3. The maximum absolute atomic E-state index is 12.1. The Morgan fingerprint density at radius 2 is 2.13 bits per heavy atom. The zero-order valence-corrected chi connectivity index (χ0v) is 14.0. The minimum absolute atomic E-state index is 0.0698. The number of ether oxygens (including phenoxy) is 1. The Balaban J connectivity index is 1.78. The number of aromatic nitrogens is 1. The SMILES string of the molecule is COc1cccc([C@@H](C)CC(=O)NCCc2ccc(C)nc2)c1. The van der Waals surface area contributed by atoms with Crippen molar-refractivity contribution in [3.8, 4) is 5.75 Å². The van der Waals surface area contributed by atoms with Crippen LogP contribution in [0, 0.1) is 6.92 Å². The van der Waals surface area contributed by atoms with E-state index in [1.807, 2.05) is 49.5 Å². The van der Waals surface area contributed by atoms with Crippen molar-refractivity contribution in [3.63, 3.8) is 0 Å². The highest BCUT2D eigenvalue weighted by Crippen LogP contribution is 2.22. The molecule has 4 heteroatoms. The van der Waals surface area contributed by atoms with Crippen molar-refractivity contribution >= 4 is 5.91 Å². The number of carbonyl (C=O) groups is 1. The molecular weight excluding hydrogens is 288 g/mol. The Bertz CT molecular complexity index is 638. The predicted octanol–water partition coefficient (Wildman–Crippen LogP) is 3.25. The number of carbonyl (C=O) groups excluding carboxylic acids is 1. The summed E-state index contributed by atoms with van der Waals surface area (Å²) >= 11 is 0. The molecular formula is C19H24N2O2. The number of rotatable bonds is 7. The molecule has 2 aromatic rings. The minimum Gasteiger partial charge on any atom is -0.497 e. The molecule has 1 aromatic carbocycles. The fourth-order valence-corrected chi connectivity index (χ4v) is 2.41. The lowest BCUT2D eigenvalue weighted by Crippen LogP contribution is -2.26. The van der Waals surface area contributed by atoms with Crippen LogP contribution < -0.4 is 10.1 Å². The van der Waals surface area contributed by atoms with Crippen LogP contribution in [-0.2, 0) is 11.2 Å². The summed E-state index contributed by atoms with van der Waals surface area (Å²) in [5.41, 5.74) is 3.25. The van der Waals surface area contributed by atoms with Gasteiger partial charge in [0.25, 0.3) is 0 Å². The molecule has 23 heavy (non-hydrogen) atoms. The van der Waals surface area contributed by atoms with E-state index in [1.165, 1.54) is 0 Å². The molecule has 0 saturated heterocycles. The van der Waals surface area contributed by atoms with E-state index < -0.39 is 0 Å². The molecule has 0 spiro atoms. The highest BCUT2D eigenvalue weighted by Gasteiger charge is 2.11. The molecule has 1 heterocycles. The second-order valence-electron chi connectivity index (χ2n) is 5.79. The number of nitrogens with one attached hydrogen (secondary N) is 1. The fourth-order valence-electron chi connectivity index (χ4n) is 2.41. The van der Waals surface area contributed by atoms with Gasteiger partial charge in [-0.3, -0.25) is 9.78 Å². The summed E-state index contributed by atoms with van der Waals surface area (Å²) in [6, 6.07) is 11.9. The summed E-state index contributed by atoms with van der Waals surface area (Å²) in [6.07, 6.45) is 3.13. The van der Waals surface area contributed by atoms with Crippen LogP contribution >= 0.6 is 0 Å². The van der Waals surface area contributed by atoms with Crippen molar-refractivity contribution in [2.75, 3.05) is 13.7 Å². The molecule has 0 aliphatic heterocycles. The number of hydrogen-bond donors (Lipinski definition) is 1. The van der Waals surface area contributed by atoms with Crippen molar-refractivity contribution in [1.82, 2.24) is 10.3 Å². The van der Waals surface area contributed by atoms with Crippen LogP contribution in [0.4, 0.5) is 0 Å². The molecule has 1 amide bonds. The van der Waals surface area contributed by atoms with Gasteiger partial charge < -0.3 is 10.1 Å². The zero-order valence-electron chi connectivity index (χ0n) is 14.0. The van der Waals surface area contributed by atoms with E-state index in [9.17, 15) is 4.79 Å². The number of amides is 1. The van der Waals surface area contributed by atoms with E-state index in [2.05, 4.69) is 17.2 Å².